The summed E-state index contributed by atoms with van der Waals surface area (Å²) in [5.41, 5.74) is 5.96. The van der Waals surface area contributed by atoms with Crippen molar-refractivity contribution < 1.29 is 9.59 Å². The van der Waals surface area contributed by atoms with Crippen LogP contribution in [0.25, 0.3) is 0 Å². The minimum absolute atomic E-state index is 0.0374. The second-order valence-corrected chi connectivity index (χ2v) is 2.49. The van der Waals surface area contributed by atoms with Crippen LogP contribution in [0.15, 0.2) is 5.57 Å². The number of hydrogen-bond donors (Lipinski definition) is 1. The Morgan fingerprint density at radius 3 is 2.80 bits per heavy atom. The average molecular weight is 139 g/mol. The molecule has 1 rings (SSSR count). The molecule has 54 valence electrons. The molecule has 0 saturated heterocycles. The van der Waals surface area contributed by atoms with Gasteiger partial charge in [-0.05, 0) is 12.8 Å². The van der Waals surface area contributed by atoms with Crippen molar-refractivity contribution in [1.82, 2.24) is 0 Å². The molecule has 1 atom stereocenters. The first-order chi connectivity index (χ1) is 4.74. The smallest absolute Gasteiger partial charge is 0.154 e. The van der Waals surface area contributed by atoms with Crippen molar-refractivity contribution in [3.63, 3.8) is 0 Å². The van der Waals surface area contributed by atoms with Crippen LogP contribution in [0.5, 0.6) is 0 Å². The molecule has 2 N–H and O–H groups in total. The van der Waals surface area contributed by atoms with Crippen molar-refractivity contribution in [1.29, 1.82) is 0 Å². The number of Topliss-reactive ketones (excluding diaryl/α,β-unsaturated/α-hetero) is 1. The normalized spacial score (nSPS) is 26.3. The lowest BCUT2D eigenvalue weighted by Gasteiger charge is -2.15. The van der Waals surface area contributed by atoms with Crippen LogP contribution in [-0.2, 0) is 9.59 Å². The Balaban J connectivity index is 2.66. The number of ketones is 1. The van der Waals surface area contributed by atoms with E-state index in [0.29, 0.717) is 18.4 Å². The minimum Gasteiger partial charge on any atom is -0.321 e. The summed E-state index contributed by atoms with van der Waals surface area (Å²) in [6.45, 7) is 0. The molecule has 0 spiro atoms. The summed E-state index contributed by atoms with van der Waals surface area (Å²) >= 11 is 0. The Bertz CT molecular complexity index is 204. The highest BCUT2D eigenvalue weighted by molar-refractivity contribution is 5.88. The highest BCUT2D eigenvalue weighted by Crippen LogP contribution is 2.16. The summed E-state index contributed by atoms with van der Waals surface area (Å²) in [7, 11) is 0. The number of carbonyl (C=O) groups is 1. The van der Waals surface area contributed by atoms with E-state index in [1.807, 2.05) is 0 Å². The van der Waals surface area contributed by atoms with E-state index in [0.717, 1.165) is 0 Å². The van der Waals surface area contributed by atoms with Crippen molar-refractivity contribution in [2.75, 3.05) is 0 Å². The van der Waals surface area contributed by atoms with E-state index < -0.39 is 0 Å². The molecule has 1 unspecified atom stereocenters. The van der Waals surface area contributed by atoms with Gasteiger partial charge in [0.1, 0.15) is 5.94 Å². The lowest BCUT2D eigenvalue weighted by molar-refractivity contribution is -0.120. The van der Waals surface area contributed by atoms with Gasteiger partial charge in [-0.2, -0.15) is 0 Å². The van der Waals surface area contributed by atoms with Crippen LogP contribution in [0.4, 0.5) is 0 Å². The first-order valence-corrected chi connectivity index (χ1v) is 3.25. The predicted molar refractivity (Wildman–Crippen MR) is 36.0 cm³/mol. The number of carbonyl (C=O) groups excluding carboxylic acids is 2. The zero-order valence-corrected chi connectivity index (χ0v) is 5.59. The molecule has 0 heterocycles. The highest BCUT2D eigenvalue weighted by Gasteiger charge is 2.21. The first-order valence-electron chi connectivity index (χ1n) is 3.25. The summed E-state index contributed by atoms with van der Waals surface area (Å²) in [5, 5.41) is 0. The summed E-state index contributed by atoms with van der Waals surface area (Å²) in [6.07, 6.45) is 1.45. The monoisotopic (exact) mass is 139 g/mol. The van der Waals surface area contributed by atoms with Crippen LogP contribution in [0.3, 0.4) is 0 Å². The molecule has 0 radical (unpaired) electrons. The molecule has 1 aliphatic carbocycles. The minimum atomic E-state index is -0.350. The number of allylic oxidation sites excluding steroid dienone is 1. The second-order valence-electron chi connectivity index (χ2n) is 2.49. The molecule has 0 aromatic rings. The molecule has 3 heteroatoms. The van der Waals surface area contributed by atoms with Gasteiger partial charge in [0.15, 0.2) is 5.78 Å². The quantitative estimate of drug-likeness (QED) is 0.474. The van der Waals surface area contributed by atoms with E-state index in [1.54, 1.807) is 5.94 Å². The zero-order valence-electron chi connectivity index (χ0n) is 5.59. The fourth-order valence-electron chi connectivity index (χ4n) is 1.01. The van der Waals surface area contributed by atoms with Crippen LogP contribution < -0.4 is 5.73 Å². The van der Waals surface area contributed by atoms with Gasteiger partial charge in [-0.15, -0.1) is 0 Å². The lowest BCUT2D eigenvalue weighted by Crippen LogP contribution is -2.33. The first kappa shape index (κ1) is 7.19. The van der Waals surface area contributed by atoms with Crippen molar-refractivity contribution >= 4 is 11.7 Å². The molecule has 1 saturated carbocycles. The Labute approximate surface area is 58.9 Å². The maximum absolute atomic E-state index is 10.8. The summed E-state index contributed by atoms with van der Waals surface area (Å²) < 4.78 is 0. The van der Waals surface area contributed by atoms with Gasteiger partial charge in [-0.1, -0.05) is 0 Å². The number of nitrogens with two attached hydrogens (primary N) is 1. The van der Waals surface area contributed by atoms with E-state index in [-0.39, 0.29) is 18.2 Å². The molecule has 1 fully saturated rings. The molecule has 1 aliphatic rings. The fraction of sp³-hybridized carbons (Fsp3) is 0.571. The predicted octanol–water partition coefficient (Wildman–Crippen LogP) is -0.175. The van der Waals surface area contributed by atoms with Crippen molar-refractivity contribution in [3.8, 4) is 0 Å². The summed E-state index contributed by atoms with van der Waals surface area (Å²) in [5.74, 6) is 1.71. The molecule has 0 amide bonds. The Morgan fingerprint density at radius 2 is 2.30 bits per heavy atom. The van der Waals surface area contributed by atoms with Gasteiger partial charge < -0.3 is 5.73 Å². The Hall–Kier alpha value is -0.920. The maximum atomic E-state index is 10.8. The van der Waals surface area contributed by atoms with E-state index in [2.05, 4.69) is 0 Å². The van der Waals surface area contributed by atoms with Crippen LogP contribution in [0.1, 0.15) is 19.3 Å². The average Bonchev–Trinajstić information content (AvgIpc) is 1.95. The van der Waals surface area contributed by atoms with Gasteiger partial charge in [0.25, 0.3) is 0 Å². The van der Waals surface area contributed by atoms with Gasteiger partial charge in [0, 0.05) is 12.0 Å². The third-order valence-electron chi connectivity index (χ3n) is 1.70. The van der Waals surface area contributed by atoms with E-state index in [1.165, 1.54) is 0 Å². The molecular formula is C7H9NO2. The largest absolute Gasteiger partial charge is 0.321 e. The molecule has 3 nitrogen and oxygen atoms in total. The van der Waals surface area contributed by atoms with Crippen LogP contribution in [0.2, 0.25) is 0 Å². The third-order valence-corrected chi connectivity index (χ3v) is 1.70. The van der Waals surface area contributed by atoms with Crippen molar-refractivity contribution in [3.05, 3.63) is 5.57 Å². The van der Waals surface area contributed by atoms with Gasteiger partial charge >= 0.3 is 0 Å². The van der Waals surface area contributed by atoms with E-state index in [4.69, 9.17) is 5.73 Å². The molecule has 0 aromatic heterocycles. The third kappa shape index (κ3) is 1.32. The van der Waals surface area contributed by atoms with Crippen LogP contribution in [-0.4, -0.2) is 17.8 Å². The molecule has 0 aromatic carbocycles. The highest BCUT2D eigenvalue weighted by atomic mass is 16.1. The van der Waals surface area contributed by atoms with E-state index >= 15 is 0 Å². The molecule has 10 heavy (non-hydrogen) atoms. The van der Waals surface area contributed by atoms with Crippen molar-refractivity contribution in [2.45, 2.75) is 25.3 Å². The Morgan fingerprint density at radius 1 is 1.60 bits per heavy atom. The van der Waals surface area contributed by atoms with Gasteiger partial charge in [0.2, 0.25) is 0 Å². The topological polar surface area (TPSA) is 60.2 Å². The summed E-state index contributed by atoms with van der Waals surface area (Å²) in [4.78, 5) is 20.9. The standard InChI is InChI=1S/C7H9NO2/c8-6-2-1-5(4-9)3-7(6)10/h6H,1-3,8H2. The number of rotatable bonds is 0. The lowest BCUT2D eigenvalue weighted by atomic mass is 9.91. The summed E-state index contributed by atoms with van der Waals surface area (Å²) in [6, 6.07) is -0.350. The van der Waals surface area contributed by atoms with Gasteiger partial charge in [0.05, 0.1) is 6.04 Å². The van der Waals surface area contributed by atoms with Gasteiger partial charge in [-0.25, -0.2) is 4.79 Å². The molecular weight excluding hydrogens is 130 g/mol. The van der Waals surface area contributed by atoms with E-state index in [9.17, 15) is 9.59 Å². The Kier molecular flexibility index (Phi) is 2.00. The molecule has 0 aliphatic heterocycles. The maximum Gasteiger partial charge on any atom is 0.154 e. The van der Waals surface area contributed by atoms with Crippen LogP contribution >= 0.6 is 0 Å². The fourth-order valence-corrected chi connectivity index (χ4v) is 1.01. The zero-order chi connectivity index (χ0) is 7.56. The number of hydrogen-bond acceptors (Lipinski definition) is 3. The SMILES string of the molecule is NC1CCC(=C=O)CC1=O. The van der Waals surface area contributed by atoms with Crippen molar-refractivity contribution in [2.24, 2.45) is 5.73 Å². The van der Waals surface area contributed by atoms with Crippen LogP contribution in [0, 0.1) is 0 Å². The molecule has 0 bridgehead atoms. The van der Waals surface area contributed by atoms with Gasteiger partial charge in [-0.3, -0.25) is 4.79 Å². The second kappa shape index (κ2) is 2.78.